The molecule has 2 aromatic rings. The van der Waals surface area contributed by atoms with E-state index >= 15 is 0 Å². The summed E-state index contributed by atoms with van der Waals surface area (Å²) in [5.41, 5.74) is 9.13. The van der Waals surface area contributed by atoms with E-state index < -0.39 is 0 Å². The molecule has 1 atom stereocenters. The molecular weight excluding hydrogens is 329 g/mol. The van der Waals surface area contributed by atoms with E-state index in [1.807, 2.05) is 25.1 Å². The molecule has 0 aliphatic carbocycles. The Morgan fingerprint density at radius 1 is 1.26 bits per heavy atom. The minimum Gasteiger partial charge on any atom is -0.324 e. The maximum atomic E-state index is 13.1. The number of benzene rings is 2. The molecule has 0 amide bonds. The van der Waals surface area contributed by atoms with Crippen LogP contribution in [0.15, 0.2) is 40.9 Å². The Morgan fingerprint density at radius 2 is 2.00 bits per heavy atom. The molecule has 4 heteroatoms. The third kappa shape index (κ3) is 3.56. The van der Waals surface area contributed by atoms with Gasteiger partial charge in [0.25, 0.3) is 0 Å². The van der Waals surface area contributed by atoms with E-state index in [1.165, 1.54) is 12.1 Å². The summed E-state index contributed by atoms with van der Waals surface area (Å²) in [7, 11) is 0. The Morgan fingerprint density at radius 3 is 2.68 bits per heavy atom. The first-order chi connectivity index (χ1) is 8.97. The largest absolute Gasteiger partial charge is 0.324 e. The topological polar surface area (TPSA) is 26.0 Å². The number of hydrogen-bond acceptors (Lipinski definition) is 1. The van der Waals surface area contributed by atoms with Crippen molar-refractivity contribution in [3.63, 3.8) is 0 Å². The van der Waals surface area contributed by atoms with Crippen LogP contribution in [0.4, 0.5) is 4.39 Å². The zero-order valence-electron chi connectivity index (χ0n) is 10.5. The number of nitrogens with two attached hydrogens (primary N) is 1. The van der Waals surface area contributed by atoms with Crippen LogP contribution in [0.25, 0.3) is 0 Å². The third-order valence-electron chi connectivity index (χ3n) is 3.10. The van der Waals surface area contributed by atoms with E-state index in [-0.39, 0.29) is 11.9 Å². The van der Waals surface area contributed by atoms with Crippen molar-refractivity contribution in [1.82, 2.24) is 0 Å². The summed E-state index contributed by atoms with van der Waals surface area (Å²) in [4.78, 5) is 0. The van der Waals surface area contributed by atoms with Gasteiger partial charge in [-0.05, 0) is 60.4 Å². The van der Waals surface area contributed by atoms with Gasteiger partial charge in [-0.15, -0.1) is 0 Å². The van der Waals surface area contributed by atoms with Crippen LogP contribution < -0.4 is 5.73 Å². The summed E-state index contributed by atoms with van der Waals surface area (Å²) in [6, 6.07) is 10.1. The van der Waals surface area contributed by atoms with Crippen LogP contribution in [0.5, 0.6) is 0 Å². The van der Waals surface area contributed by atoms with Gasteiger partial charge in [0, 0.05) is 15.5 Å². The summed E-state index contributed by atoms with van der Waals surface area (Å²) in [5.74, 6) is -0.223. The molecular formula is C15H14BrClFN. The van der Waals surface area contributed by atoms with Gasteiger partial charge in [-0.2, -0.15) is 0 Å². The molecule has 0 heterocycles. The van der Waals surface area contributed by atoms with E-state index in [4.69, 9.17) is 17.3 Å². The van der Waals surface area contributed by atoms with Gasteiger partial charge in [0.1, 0.15) is 5.82 Å². The molecule has 19 heavy (non-hydrogen) atoms. The average molecular weight is 343 g/mol. The predicted octanol–water partition coefficient (Wildman–Crippen LogP) is 4.79. The molecule has 2 rings (SSSR count). The van der Waals surface area contributed by atoms with Gasteiger partial charge in [0.05, 0.1) is 0 Å². The first kappa shape index (κ1) is 14.5. The Hall–Kier alpha value is -0.900. The number of rotatable bonds is 3. The Bertz CT molecular complexity index is 601. The molecule has 0 bridgehead atoms. The van der Waals surface area contributed by atoms with Crippen molar-refractivity contribution in [2.45, 2.75) is 19.4 Å². The van der Waals surface area contributed by atoms with Crippen molar-refractivity contribution < 1.29 is 4.39 Å². The Balaban J connectivity index is 2.25. The smallest absolute Gasteiger partial charge is 0.123 e. The van der Waals surface area contributed by atoms with Crippen LogP contribution in [0.1, 0.15) is 22.7 Å². The van der Waals surface area contributed by atoms with Gasteiger partial charge in [-0.1, -0.05) is 33.6 Å². The van der Waals surface area contributed by atoms with E-state index in [1.54, 1.807) is 6.07 Å². The number of halogens is 3. The fourth-order valence-electron chi connectivity index (χ4n) is 2.03. The van der Waals surface area contributed by atoms with Crippen LogP contribution in [0.2, 0.25) is 5.02 Å². The molecule has 0 fully saturated rings. The second-order valence-corrected chi connectivity index (χ2v) is 5.84. The molecule has 0 aliphatic heterocycles. The van der Waals surface area contributed by atoms with Crippen molar-refractivity contribution in [2.75, 3.05) is 0 Å². The van der Waals surface area contributed by atoms with Gasteiger partial charge in [0.2, 0.25) is 0 Å². The van der Waals surface area contributed by atoms with Crippen molar-refractivity contribution in [3.05, 3.63) is 68.4 Å². The van der Waals surface area contributed by atoms with Gasteiger partial charge >= 0.3 is 0 Å². The van der Waals surface area contributed by atoms with Crippen LogP contribution in [0, 0.1) is 12.7 Å². The second kappa shape index (κ2) is 6.04. The molecule has 1 unspecified atom stereocenters. The summed E-state index contributed by atoms with van der Waals surface area (Å²) < 4.78 is 14.0. The summed E-state index contributed by atoms with van der Waals surface area (Å²) in [5, 5.41) is 0.657. The van der Waals surface area contributed by atoms with E-state index in [0.717, 1.165) is 21.2 Å². The summed E-state index contributed by atoms with van der Waals surface area (Å²) >= 11 is 9.47. The molecule has 1 nitrogen and oxygen atoms in total. The lowest BCUT2D eigenvalue weighted by atomic mass is 9.97. The SMILES string of the molecule is Cc1cc(F)ccc1CC(N)c1cc(Cl)ccc1Br. The van der Waals surface area contributed by atoms with Crippen LogP contribution >= 0.6 is 27.5 Å². The van der Waals surface area contributed by atoms with E-state index in [2.05, 4.69) is 15.9 Å². The van der Waals surface area contributed by atoms with Gasteiger partial charge < -0.3 is 5.73 Å². The van der Waals surface area contributed by atoms with Crippen LogP contribution in [-0.2, 0) is 6.42 Å². The zero-order valence-corrected chi connectivity index (χ0v) is 12.8. The Labute approximate surface area is 125 Å². The standard InChI is InChI=1S/C15H14BrClFN/c1-9-6-12(18)4-2-10(9)7-15(19)13-8-11(17)3-5-14(13)16/h2-6,8,15H,7,19H2,1H3. The van der Waals surface area contributed by atoms with Crippen molar-refractivity contribution in [2.24, 2.45) is 5.73 Å². The third-order valence-corrected chi connectivity index (χ3v) is 4.06. The first-order valence-corrected chi connectivity index (χ1v) is 7.10. The molecule has 100 valence electrons. The van der Waals surface area contributed by atoms with Crippen molar-refractivity contribution in [3.8, 4) is 0 Å². The van der Waals surface area contributed by atoms with E-state index in [0.29, 0.717) is 11.4 Å². The zero-order chi connectivity index (χ0) is 14.0. The van der Waals surface area contributed by atoms with Crippen molar-refractivity contribution in [1.29, 1.82) is 0 Å². The molecule has 2 aromatic carbocycles. The maximum absolute atomic E-state index is 13.1. The van der Waals surface area contributed by atoms with E-state index in [9.17, 15) is 4.39 Å². The quantitative estimate of drug-likeness (QED) is 0.852. The van der Waals surface area contributed by atoms with Crippen LogP contribution in [0.3, 0.4) is 0 Å². The van der Waals surface area contributed by atoms with Gasteiger partial charge in [-0.25, -0.2) is 4.39 Å². The fourth-order valence-corrected chi connectivity index (χ4v) is 2.76. The summed E-state index contributed by atoms with van der Waals surface area (Å²) in [6.45, 7) is 1.89. The minimum absolute atomic E-state index is 0.183. The number of aryl methyl sites for hydroxylation is 1. The predicted molar refractivity (Wildman–Crippen MR) is 80.9 cm³/mol. The second-order valence-electron chi connectivity index (χ2n) is 4.55. The highest BCUT2D eigenvalue weighted by atomic mass is 79.9. The molecule has 2 N–H and O–H groups in total. The molecule has 0 aromatic heterocycles. The maximum Gasteiger partial charge on any atom is 0.123 e. The number of hydrogen-bond donors (Lipinski definition) is 1. The average Bonchev–Trinajstić information content (AvgIpc) is 2.35. The highest BCUT2D eigenvalue weighted by molar-refractivity contribution is 9.10. The first-order valence-electron chi connectivity index (χ1n) is 5.93. The fraction of sp³-hybridized carbons (Fsp3) is 0.200. The normalized spacial score (nSPS) is 12.5. The molecule has 0 saturated carbocycles. The van der Waals surface area contributed by atoms with Crippen LogP contribution in [-0.4, -0.2) is 0 Å². The lowest BCUT2D eigenvalue weighted by molar-refractivity contribution is 0.623. The monoisotopic (exact) mass is 341 g/mol. The molecule has 0 radical (unpaired) electrons. The molecule has 0 saturated heterocycles. The van der Waals surface area contributed by atoms with Crippen molar-refractivity contribution >= 4 is 27.5 Å². The minimum atomic E-state index is -0.223. The lowest BCUT2D eigenvalue weighted by Gasteiger charge is -2.16. The van der Waals surface area contributed by atoms with Gasteiger partial charge in [0.15, 0.2) is 0 Å². The lowest BCUT2D eigenvalue weighted by Crippen LogP contribution is -2.14. The highest BCUT2D eigenvalue weighted by Gasteiger charge is 2.13. The Kier molecular flexibility index (Phi) is 4.61. The molecule has 0 aliphatic rings. The molecule has 0 spiro atoms. The summed E-state index contributed by atoms with van der Waals surface area (Å²) in [6.07, 6.45) is 0.644. The van der Waals surface area contributed by atoms with Gasteiger partial charge in [-0.3, -0.25) is 0 Å². The highest BCUT2D eigenvalue weighted by Crippen LogP contribution is 2.28.